The standard InChI is InChI=1S/C13H19NO12/c1-14-4-5(15)8(18)9(19)12(22)13(23)25-7(17)3-11(21,10(20)26-13)2-6(16)24-12/h5,8-9,14-15,18-19,21-23H,2-4H2,1H3. The van der Waals surface area contributed by atoms with Crippen molar-refractivity contribution < 1.29 is 59.2 Å². The highest BCUT2D eigenvalue weighted by molar-refractivity contribution is 5.92. The predicted molar refractivity (Wildman–Crippen MR) is 74.3 cm³/mol. The van der Waals surface area contributed by atoms with Gasteiger partial charge in [0.05, 0.1) is 18.9 Å². The van der Waals surface area contributed by atoms with Crippen LogP contribution in [0.3, 0.4) is 0 Å². The molecule has 13 heteroatoms. The van der Waals surface area contributed by atoms with Crippen molar-refractivity contribution >= 4 is 17.9 Å². The van der Waals surface area contributed by atoms with Crippen molar-refractivity contribution in [3.8, 4) is 0 Å². The smallest absolute Gasteiger partial charge is 0.419 e. The second kappa shape index (κ2) is 6.70. The molecule has 2 aliphatic heterocycles. The Hall–Kier alpha value is -1.87. The lowest BCUT2D eigenvalue weighted by atomic mass is 9.94. The molecule has 148 valence electrons. The summed E-state index contributed by atoms with van der Waals surface area (Å²) in [7, 11) is 1.39. The third kappa shape index (κ3) is 3.25. The fourth-order valence-corrected chi connectivity index (χ4v) is 2.56. The molecule has 13 nitrogen and oxygen atoms in total. The molecule has 6 atom stereocenters. The van der Waals surface area contributed by atoms with E-state index in [0.29, 0.717) is 0 Å². The van der Waals surface area contributed by atoms with Gasteiger partial charge in [-0.25, -0.2) is 4.79 Å². The molecule has 0 radical (unpaired) electrons. The Balaban J connectivity index is 2.50. The van der Waals surface area contributed by atoms with E-state index in [1.807, 2.05) is 0 Å². The van der Waals surface area contributed by atoms with Crippen molar-refractivity contribution in [2.45, 2.75) is 48.5 Å². The van der Waals surface area contributed by atoms with Gasteiger partial charge in [-0.05, 0) is 7.05 Å². The molecule has 0 spiro atoms. The van der Waals surface area contributed by atoms with E-state index in [0.717, 1.165) is 0 Å². The second-order valence-corrected chi connectivity index (χ2v) is 6.06. The first-order valence-electron chi connectivity index (χ1n) is 7.41. The first kappa shape index (κ1) is 20.4. The van der Waals surface area contributed by atoms with Crippen LogP contribution in [0, 0.1) is 0 Å². The molecular weight excluding hydrogens is 362 g/mol. The SMILES string of the molecule is CNCC(O)C(O)C(O)C1(O)OC(=O)CC2(O)CC(=O)OC1(O)OC2=O. The lowest BCUT2D eigenvalue weighted by Gasteiger charge is -2.43. The Bertz CT molecular complexity index is 612. The van der Waals surface area contributed by atoms with Crippen LogP contribution in [0.25, 0.3) is 0 Å². The monoisotopic (exact) mass is 381 g/mol. The van der Waals surface area contributed by atoms with Crippen molar-refractivity contribution in [3.05, 3.63) is 0 Å². The van der Waals surface area contributed by atoms with Gasteiger partial charge in [0.15, 0.2) is 11.7 Å². The summed E-state index contributed by atoms with van der Waals surface area (Å²) in [5.41, 5.74) is -2.73. The minimum absolute atomic E-state index is 0.306. The van der Waals surface area contributed by atoms with E-state index in [-0.39, 0.29) is 6.54 Å². The molecule has 0 aromatic carbocycles. The van der Waals surface area contributed by atoms with Crippen LogP contribution >= 0.6 is 0 Å². The zero-order valence-corrected chi connectivity index (χ0v) is 13.5. The molecule has 2 bridgehead atoms. The zero-order chi connectivity index (χ0) is 19.9. The number of ether oxygens (including phenoxy) is 3. The van der Waals surface area contributed by atoms with E-state index in [1.54, 1.807) is 0 Å². The summed E-state index contributed by atoms with van der Waals surface area (Å²) in [5.74, 6) is -12.2. The number of hydrogen-bond acceptors (Lipinski definition) is 13. The Labute approximate surface area is 145 Å². The molecule has 2 rings (SSSR count). The van der Waals surface area contributed by atoms with E-state index in [2.05, 4.69) is 19.5 Å². The highest BCUT2D eigenvalue weighted by atomic mass is 16.9. The third-order valence-corrected chi connectivity index (χ3v) is 3.99. The van der Waals surface area contributed by atoms with E-state index >= 15 is 0 Å². The fourth-order valence-electron chi connectivity index (χ4n) is 2.56. The van der Waals surface area contributed by atoms with Crippen LogP contribution in [0.4, 0.5) is 0 Å². The van der Waals surface area contributed by atoms with E-state index < -0.39 is 66.4 Å². The first-order valence-corrected chi connectivity index (χ1v) is 7.41. The summed E-state index contributed by atoms with van der Waals surface area (Å²) in [5, 5.41) is 63.2. The normalized spacial score (nSPS) is 38.2. The molecule has 2 heterocycles. The van der Waals surface area contributed by atoms with Gasteiger partial charge in [-0.3, -0.25) is 9.59 Å². The molecule has 0 aliphatic carbocycles. The molecule has 6 unspecified atom stereocenters. The lowest BCUT2D eigenvalue weighted by Crippen LogP contribution is -2.71. The third-order valence-electron chi connectivity index (χ3n) is 3.99. The molecule has 2 fully saturated rings. The Morgan fingerprint density at radius 2 is 1.54 bits per heavy atom. The Kier molecular flexibility index (Phi) is 5.26. The highest BCUT2D eigenvalue weighted by Crippen LogP contribution is 2.40. The summed E-state index contributed by atoms with van der Waals surface area (Å²) in [4.78, 5) is 35.7. The second-order valence-electron chi connectivity index (χ2n) is 6.06. The van der Waals surface area contributed by atoms with Gasteiger partial charge in [-0.2, -0.15) is 0 Å². The van der Waals surface area contributed by atoms with E-state index in [1.165, 1.54) is 7.05 Å². The Morgan fingerprint density at radius 1 is 1.00 bits per heavy atom. The number of likely N-dealkylation sites (N-methyl/N-ethyl adjacent to an activating group) is 1. The van der Waals surface area contributed by atoms with Crippen molar-refractivity contribution in [2.24, 2.45) is 0 Å². The van der Waals surface area contributed by atoms with Gasteiger partial charge in [0, 0.05) is 6.54 Å². The average molecular weight is 381 g/mol. The summed E-state index contributed by atoms with van der Waals surface area (Å²) < 4.78 is 13.2. The molecule has 0 aromatic heterocycles. The van der Waals surface area contributed by atoms with Gasteiger partial charge in [0.2, 0.25) is 0 Å². The van der Waals surface area contributed by atoms with Crippen LogP contribution in [-0.2, 0) is 28.6 Å². The number of cyclic esters (lactones) is 1. The number of carbonyl (C=O) groups excluding carboxylic acids is 3. The molecule has 0 aromatic rings. The summed E-state index contributed by atoms with van der Waals surface area (Å²) in [6.07, 6.45) is -9.00. The number of fused-ring (bicyclic) bond motifs is 3. The molecule has 2 aliphatic rings. The number of esters is 3. The maximum Gasteiger partial charge on any atom is 0.446 e. The topological polar surface area (TPSA) is 212 Å². The van der Waals surface area contributed by atoms with Gasteiger partial charge < -0.3 is 50.2 Å². The summed E-state index contributed by atoms with van der Waals surface area (Å²) in [6, 6.07) is 0. The lowest BCUT2D eigenvalue weighted by molar-refractivity contribution is -0.465. The number of hydrogen-bond donors (Lipinski definition) is 7. The van der Waals surface area contributed by atoms with Gasteiger partial charge in [0.1, 0.15) is 6.10 Å². The van der Waals surface area contributed by atoms with Crippen LogP contribution < -0.4 is 5.32 Å². The van der Waals surface area contributed by atoms with E-state index in [9.17, 15) is 45.0 Å². The highest BCUT2D eigenvalue weighted by Gasteiger charge is 2.71. The van der Waals surface area contributed by atoms with Crippen LogP contribution in [0.15, 0.2) is 0 Å². The molecule has 2 saturated heterocycles. The minimum Gasteiger partial charge on any atom is -0.419 e. The van der Waals surface area contributed by atoms with Crippen LogP contribution in [0.2, 0.25) is 0 Å². The zero-order valence-electron chi connectivity index (χ0n) is 13.5. The molecule has 7 N–H and O–H groups in total. The van der Waals surface area contributed by atoms with Gasteiger partial charge >= 0.3 is 29.7 Å². The average Bonchev–Trinajstić information content (AvgIpc) is 2.57. The van der Waals surface area contributed by atoms with Gasteiger partial charge in [-0.15, -0.1) is 0 Å². The van der Waals surface area contributed by atoms with Crippen molar-refractivity contribution in [1.82, 2.24) is 5.32 Å². The molecular formula is C13H19NO12. The predicted octanol–water partition coefficient (Wildman–Crippen LogP) is -5.21. The van der Waals surface area contributed by atoms with Crippen LogP contribution in [0.5, 0.6) is 0 Å². The summed E-state index contributed by atoms with van der Waals surface area (Å²) >= 11 is 0. The fraction of sp³-hybridized carbons (Fsp3) is 0.769. The molecule has 26 heavy (non-hydrogen) atoms. The number of rotatable bonds is 5. The first-order chi connectivity index (χ1) is 11.9. The van der Waals surface area contributed by atoms with Crippen molar-refractivity contribution in [2.75, 3.05) is 13.6 Å². The maximum atomic E-state index is 12.0. The molecule has 0 amide bonds. The van der Waals surface area contributed by atoms with Gasteiger partial charge in [0.25, 0.3) is 0 Å². The van der Waals surface area contributed by atoms with Crippen molar-refractivity contribution in [1.29, 1.82) is 0 Å². The number of nitrogens with one attached hydrogen (secondary N) is 1. The molecule has 0 saturated carbocycles. The van der Waals surface area contributed by atoms with Crippen LogP contribution in [0.1, 0.15) is 12.8 Å². The van der Waals surface area contributed by atoms with Crippen LogP contribution in [-0.4, -0.2) is 97.8 Å². The van der Waals surface area contributed by atoms with E-state index in [4.69, 9.17) is 0 Å². The van der Waals surface area contributed by atoms with Gasteiger partial charge in [-0.1, -0.05) is 0 Å². The number of carbonyl (C=O) groups is 3. The largest absolute Gasteiger partial charge is 0.446 e. The quantitative estimate of drug-likeness (QED) is 0.222. The minimum atomic E-state index is -3.80. The summed E-state index contributed by atoms with van der Waals surface area (Å²) in [6.45, 7) is -0.306. The number of aliphatic hydroxyl groups excluding tert-OH is 3. The maximum absolute atomic E-state index is 12.0. The van der Waals surface area contributed by atoms with Crippen molar-refractivity contribution in [3.63, 3.8) is 0 Å². The Morgan fingerprint density at radius 3 is 2.08 bits per heavy atom. The number of aliphatic hydroxyl groups is 6.